The van der Waals surface area contributed by atoms with Crippen LogP contribution in [0.3, 0.4) is 0 Å². The van der Waals surface area contributed by atoms with Crippen molar-refractivity contribution >= 4 is 5.78 Å². The molecule has 1 saturated carbocycles. The fourth-order valence-electron chi connectivity index (χ4n) is 0.985. The van der Waals surface area contributed by atoms with Crippen molar-refractivity contribution in [2.75, 3.05) is 0 Å². The molecule has 0 saturated heterocycles. The van der Waals surface area contributed by atoms with E-state index >= 15 is 0 Å². The molecular formula is C7H12O. The molecular weight excluding hydrogens is 100 g/mol. The van der Waals surface area contributed by atoms with Gasteiger partial charge >= 0.3 is 0 Å². The Balaban J connectivity index is 2.41. The Bertz CT molecular complexity index is 111. The molecule has 0 bridgehead atoms. The maximum atomic E-state index is 10.8. The minimum Gasteiger partial charge on any atom is -0.300 e. The van der Waals surface area contributed by atoms with Gasteiger partial charge < -0.3 is 0 Å². The van der Waals surface area contributed by atoms with Gasteiger partial charge in [-0.25, -0.2) is 0 Å². The maximum Gasteiger partial charge on any atom is 0.132 e. The van der Waals surface area contributed by atoms with Crippen LogP contribution in [0.1, 0.15) is 39.9 Å². The summed E-state index contributed by atoms with van der Waals surface area (Å²) in [7, 11) is 0. The summed E-state index contributed by atoms with van der Waals surface area (Å²) in [4.78, 5) is 10.8. The Hall–Kier alpha value is -0.330. The van der Waals surface area contributed by atoms with Gasteiger partial charge in [0.15, 0.2) is 0 Å². The van der Waals surface area contributed by atoms with Gasteiger partial charge in [-0.3, -0.25) is 4.79 Å². The standard InChI is InChI=1S/C7H12O/c8-7-5-3-1-2-4-6-7/h1-6H2/i5D. The van der Waals surface area contributed by atoms with Gasteiger partial charge in [-0.15, -0.1) is 0 Å². The van der Waals surface area contributed by atoms with E-state index in [9.17, 15) is 4.79 Å². The van der Waals surface area contributed by atoms with Crippen molar-refractivity contribution in [1.82, 2.24) is 0 Å². The van der Waals surface area contributed by atoms with Crippen molar-refractivity contribution in [1.29, 1.82) is 0 Å². The van der Waals surface area contributed by atoms with E-state index in [-0.39, 0.29) is 5.78 Å². The molecule has 0 aromatic carbocycles. The minimum atomic E-state index is -0.396. The zero-order valence-electron chi connectivity index (χ0n) is 6.02. The van der Waals surface area contributed by atoms with E-state index in [1.165, 1.54) is 0 Å². The highest BCUT2D eigenvalue weighted by molar-refractivity contribution is 5.78. The molecule has 0 radical (unpaired) electrons. The van der Waals surface area contributed by atoms with Crippen LogP contribution in [-0.4, -0.2) is 5.78 Å². The van der Waals surface area contributed by atoms with Crippen LogP contribution < -0.4 is 0 Å². The van der Waals surface area contributed by atoms with E-state index in [0.717, 1.165) is 25.7 Å². The van der Waals surface area contributed by atoms with Gasteiger partial charge in [0.1, 0.15) is 5.78 Å². The first kappa shape index (κ1) is 4.54. The molecule has 1 heteroatoms. The second kappa shape index (κ2) is 2.85. The summed E-state index contributed by atoms with van der Waals surface area (Å²) in [6.45, 7) is 0. The first-order valence-corrected chi connectivity index (χ1v) is 3.25. The fraction of sp³-hybridized carbons (Fsp3) is 0.857. The second-order valence-corrected chi connectivity index (χ2v) is 2.27. The molecule has 0 amide bonds. The third-order valence-corrected chi connectivity index (χ3v) is 1.50. The minimum absolute atomic E-state index is 0.146. The van der Waals surface area contributed by atoms with Gasteiger partial charge in [-0.1, -0.05) is 12.8 Å². The molecule has 1 nitrogen and oxygen atoms in total. The third-order valence-electron chi connectivity index (χ3n) is 1.50. The number of Topliss-reactive ketones (excluding diaryl/α,β-unsaturated/α-hetero) is 1. The molecule has 1 aliphatic carbocycles. The number of carbonyl (C=O) groups excluding carboxylic acids is 1. The summed E-state index contributed by atoms with van der Waals surface area (Å²) in [6.07, 6.45) is 4.26. The first-order valence-electron chi connectivity index (χ1n) is 3.83. The Morgan fingerprint density at radius 2 is 2.00 bits per heavy atom. The van der Waals surface area contributed by atoms with Gasteiger partial charge in [0.2, 0.25) is 0 Å². The lowest BCUT2D eigenvalue weighted by molar-refractivity contribution is -0.118. The predicted octanol–water partition coefficient (Wildman–Crippen LogP) is 1.91. The van der Waals surface area contributed by atoms with E-state index in [1.54, 1.807) is 0 Å². The molecule has 8 heavy (non-hydrogen) atoms. The molecule has 1 aliphatic rings. The number of ketones is 1. The van der Waals surface area contributed by atoms with E-state index in [0.29, 0.717) is 6.42 Å². The number of carbonyl (C=O) groups is 1. The van der Waals surface area contributed by atoms with Gasteiger partial charge in [0.25, 0.3) is 0 Å². The third kappa shape index (κ3) is 1.65. The number of hydrogen-bond donors (Lipinski definition) is 0. The predicted molar refractivity (Wildman–Crippen MR) is 32.7 cm³/mol. The van der Waals surface area contributed by atoms with Crippen molar-refractivity contribution < 1.29 is 6.17 Å². The van der Waals surface area contributed by atoms with Crippen molar-refractivity contribution in [2.24, 2.45) is 0 Å². The zero-order valence-corrected chi connectivity index (χ0v) is 5.02. The molecule has 1 unspecified atom stereocenters. The summed E-state index contributed by atoms with van der Waals surface area (Å²) in [5.74, 6) is 0.146. The summed E-state index contributed by atoms with van der Waals surface area (Å²) >= 11 is 0. The van der Waals surface area contributed by atoms with Crippen LogP contribution in [-0.2, 0) is 4.79 Å². The van der Waals surface area contributed by atoms with Gasteiger partial charge in [-0.05, 0) is 12.8 Å². The molecule has 46 valence electrons. The Kier molecular flexibility index (Phi) is 1.62. The van der Waals surface area contributed by atoms with Crippen LogP contribution in [0.5, 0.6) is 0 Å². The van der Waals surface area contributed by atoms with Crippen molar-refractivity contribution in [2.45, 2.75) is 38.5 Å². The molecule has 0 heterocycles. The van der Waals surface area contributed by atoms with Gasteiger partial charge in [-0.2, -0.15) is 0 Å². The highest BCUT2D eigenvalue weighted by atomic mass is 16.1. The fourth-order valence-corrected chi connectivity index (χ4v) is 0.985. The van der Waals surface area contributed by atoms with E-state index in [1.807, 2.05) is 0 Å². The van der Waals surface area contributed by atoms with Crippen LogP contribution in [0, 0.1) is 0 Å². The quantitative estimate of drug-likeness (QED) is 0.438. The van der Waals surface area contributed by atoms with E-state index in [2.05, 4.69) is 0 Å². The van der Waals surface area contributed by atoms with Gasteiger partial charge in [0.05, 0.1) is 0 Å². The van der Waals surface area contributed by atoms with Crippen LogP contribution in [0.25, 0.3) is 0 Å². The second-order valence-electron chi connectivity index (χ2n) is 2.27. The Morgan fingerprint density at radius 3 is 2.88 bits per heavy atom. The van der Waals surface area contributed by atoms with E-state index < -0.39 is 6.40 Å². The lowest BCUT2D eigenvalue weighted by atomic mass is 10.2. The average molecular weight is 113 g/mol. The molecule has 0 spiro atoms. The van der Waals surface area contributed by atoms with Crippen LogP contribution >= 0.6 is 0 Å². The van der Waals surface area contributed by atoms with Crippen LogP contribution in [0.15, 0.2) is 0 Å². The largest absolute Gasteiger partial charge is 0.300 e. The van der Waals surface area contributed by atoms with Gasteiger partial charge in [0, 0.05) is 14.2 Å². The van der Waals surface area contributed by atoms with Crippen LogP contribution in [0.4, 0.5) is 0 Å². The summed E-state index contributed by atoms with van der Waals surface area (Å²) < 4.78 is 7.27. The molecule has 0 aliphatic heterocycles. The number of rotatable bonds is 0. The SMILES string of the molecule is [2H]C1CCCCCC1=O. The van der Waals surface area contributed by atoms with Crippen LogP contribution in [0.2, 0.25) is 0 Å². The molecule has 0 aromatic rings. The molecule has 0 N–H and O–H groups in total. The average Bonchev–Trinajstić information content (AvgIpc) is 1.99. The highest BCUT2D eigenvalue weighted by Gasteiger charge is 2.04. The Morgan fingerprint density at radius 1 is 1.25 bits per heavy atom. The lowest BCUT2D eigenvalue weighted by Crippen LogP contribution is -1.91. The van der Waals surface area contributed by atoms with Crippen molar-refractivity contribution in [3.05, 3.63) is 0 Å². The smallest absolute Gasteiger partial charge is 0.132 e. The summed E-state index contributed by atoms with van der Waals surface area (Å²) in [5.41, 5.74) is 0. The lowest BCUT2D eigenvalue weighted by Gasteiger charge is -1.87. The first-order chi connectivity index (χ1) is 4.30. The normalized spacial score (nSPS) is 33.8. The molecule has 1 rings (SSSR count). The van der Waals surface area contributed by atoms with E-state index in [4.69, 9.17) is 1.37 Å². The Labute approximate surface area is 51.5 Å². The summed E-state index contributed by atoms with van der Waals surface area (Å²) in [6, 6.07) is 0. The van der Waals surface area contributed by atoms with Crippen molar-refractivity contribution in [3.8, 4) is 0 Å². The topological polar surface area (TPSA) is 17.1 Å². The highest BCUT2D eigenvalue weighted by Crippen LogP contribution is 2.12. The summed E-state index contributed by atoms with van der Waals surface area (Å²) in [5, 5.41) is 0. The van der Waals surface area contributed by atoms with Crippen molar-refractivity contribution in [3.63, 3.8) is 0 Å². The monoisotopic (exact) mass is 113 g/mol. The molecule has 1 fully saturated rings. The maximum absolute atomic E-state index is 10.8. The molecule has 0 aromatic heterocycles. The molecule has 1 atom stereocenters. The number of hydrogen-bond acceptors (Lipinski definition) is 1. The zero-order chi connectivity index (χ0) is 6.69.